The molecule has 1 aromatic carbocycles. The lowest BCUT2D eigenvalue weighted by Crippen LogP contribution is -2.00. The minimum atomic E-state index is -0.596. The molecule has 84 valence electrons. The number of hydrogen-bond donors (Lipinski definition) is 1. The zero-order chi connectivity index (χ0) is 11.7. The van der Waals surface area contributed by atoms with Crippen molar-refractivity contribution in [2.24, 2.45) is 0 Å². The highest BCUT2D eigenvalue weighted by Gasteiger charge is 2.12. The Labute approximate surface area is 90.8 Å². The van der Waals surface area contributed by atoms with Gasteiger partial charge < -0.3 is 10.5 Å². The third-order valence-electron chi connectivity index (χ3n) is 2.24. The van der Waals surface area contributed by atoms with Crippen LogP contribution in [0.3, 0.4) is 0 Å². The molecule has 0 atom stereocenters. The lowest BCUT2D eigenvalue weighted by molar-refractivity contribution is 0.182. The SMILES string of the molecule is COCc1cc(N)c2c(F)ccc(F)c2n1. The number of benzene rings is 1. The molecule has 0 bridgehead atoms. The smallest absolute Gasteiger partial charge is 0.149 e. The molecule has 0 aliphatic heterocycles. The van der Waals surface area contributed by atoms with Crippen molar-refractivity contribution < 1.29 is 13.5 Å². The summed E-state index contributed by atoms with van der Waals surface area (Å²) >= 11 is 0. The standard InChI is InChI=1S/C11H10F2N2O/c1-16-5-6-4-9(14)10-7(12)2-3-8(13)11(10)15-6/h2-4H,5H2,1H3,(H2,14,15). The normalized spacial score (nSPS) is 10.9. The topological polar surface area (TPSA) is 48.1 Å². The van der Waals surface area contributed by atoms with E-state index in [4.69, 9.17) is 10.5 Å². The quantitative estimate of drug-likeness (QED) is 0.851. The number of hydrogen-bond acceptors (Lipinski definition) is 3. The maximum absolute atomic E-state index is 13.4. The Kier molecular flexibility index (Phi) is 2.70. The molecule has 2 N–H and O–H groups in total. The highest BCUT2D eigenvalue weighted by atomic mass is 19.1. The molecule has 1 heterocycles. The van der Waals surface area contributed by atoms with Crippen LogP contribution in [-0.2, 0) is 11.3 Å². The number of methoxy groups -OCH3 is 1. The number of anilines is 1. The molecule has 0 fully saturated rings. The van der Waals surface area contributed by atoms with Crippen LogP contribution in [0.2, 0.25) is 0 Å². The van der Waals surface area contributed by atoms with Crippen LogP contribution in [0, 0.1) is 11.6 Å². The zero-order valence-corrected chi connectivity index (χ0v) is 8.63. The molecule has 0 saturated heterocycles. The fraction of sp³-hybridized carbons (Fsp3) is 0.182. The molecular formula is C11H10F2N2O. The molecule has 2 aromatic rings. The average Bonchev–Trinajstić information content (AvgIpc) is 2.23. The lowest BCUT2D eigenvalue weighted by Gasteiger charge is -2.07. The number of aromatic nitrogens is 1. The summed E-state index contributed by atoms with van der Waals surface area (Å²) in [5.41, 5.74) is 6.22. The highest BCUT2D eigenvalue weighted by molar-refractivity contribution is 5.91. The van der Waals surface area contributed by atoms with Crippen molar-refractivity contribution >= 4 is 16.6 Å². The van der Waals surface area contributed by atoms with Crippen LogP contribution in [0.4, 0.5) is 14.5 Å². The minimum Gasteiger partial charge on any atom is -0.398 e. The minimum absolute atomic E-state index is 0.0138. The van der Waals surface area contributed by atoms with Gasteiger partial charge in [-0.2, -0.15) is 0 Å². The molecule has 2 rings (SSSR count). The van der Waals surface area contributed by atoms with Crippen molar-refractivity contribution in [1.82, 2.24) is 4.98 Å². The Morgan fingerprint density at radius 1 is 1.31 bits per heavy atom. The lowest BCUT2D eigenvalue weighted by atomic mass is 10.1. The Balaban J connectivity index is 2.76. The molecule has 5 heteroatoms. The second-order valence-corrected chi connectivity index (χ2v) is 3.39. The van der Waals surface area contributed by atoms with Gasteiger partial charge in [-0.25, -0.2) is 13.8 Å². The van der Waals surface area contributed by atoms with Crippen LogP contribution in [0.25, 0.3) is 10.9 Å². The maximum atomic E-state index is 13.4. The van der Waals surface area contributed by atoms with Crippen LogP contribution in [-0.4, -0.2) is 12.1 Å². The van der Waals surface area contributed by atoms with Crippen molar-refractivity contribution in [1.29, 1.82) is 0 Å². The summed E-state index contributed by atoms with van der Waals surface area (Å²) in [6.07, 6.45) is 0. The fourth-order valence-corrected chi connectivity index (χ4v) is 1.57. The van der Waals surface area contributed by atoms with E-state index in [1.807, 2.05) is 0 Å². The molecule has 0 spiro atoms. The predicted octanol–water partition coefficient (Wildman–Crippen LogP) is 2.24. The van der Waals surface area contributed by atoms with Gasteiger partial charge in [-0.05, 0) is 18.2 Å². The number of nitrogens with two attached hydrogens (primary N) is 1. The number of nitrogens with zero attached hydrogens (tertiary/aromatic N) is 1. The van der Waals surface area contributed by atoms with E-state index in [0.29, 0.717) is 5.69 Å². The van der Waals surface area contributed by atoms with Crippen LogP contribution in [0.1, 0.15) is 5.69 Å². The molecule has 1 aromatic heterocycles. The Bertz CT molecular complexity index is 543. The van der Waals surface area contributed by atoms with E-state index in [0.717, 1.165) is 12.1 Å². The first kappa shape index (κ1) is 10.8. The summed E-state index contributed by atoms with van der Waals surface area (Å²) in [6, 6.07) is 3.54. The Hall–Kier alpha value is -1.75. The number of fused-ring (bicyclic) bond motifs is 1. The third kappa shape index (κ3) is 1.69. The number of pyridine rings is 1. The van der Waals surface area contributed by atoms with Crippen molar-refractivity contribution in [3.05, 3.63) is 35.5 Å². The van der Waals surface area contributed by atoms with Crippen LogP contribution >= 0.6 is 0 Å². The largest absolute Gasteiger partial charge is 0.398 e. The van der Waals surface area contributed by atoms with E-state index in [9.17, 15) is 8.78 Å². The molecule has 16 heavy (non-hydrogen) atoms. The molecule has 0 radical (unpaired) electrons. The van der Waals surface area contributed by atoms with Gasteiger partial charge >= 0.3 is 0 Å². The van der Waals surface area contributed by atoms with Crippen molar-refractivity contribution in [2.45, 2.75) is 6.61 Å². The van der Waals surface area contributed by atoms with E-state index < -0.39 is 11.6 Å². The van der Waals surface area contributed by atoms with Gasteiger partial charge in [0, 0.05) is 12.8 Å². The zero-order valence-electron chi connectivity index (χ0n) is 8.63. The first-order chi connectivity index (χ1) is 7.63. The second-order valence-electron chi connectivity index (χ2n) is 3.39. The molecule has 0 saturated carbocycles. The predicted molar refractivity (Wildman–Crippen MR) is 56.8 cm³/mol. The van der Waals surface area contributed by atoms with Gasteiger partial charge in [-0.1, -0.05) is 0 Å². The number of halogens is 2. The first-order valence-electron chi connectivity index (χ1n) is 4.65. The first-order valence-corrected chi connectivity index (χ1v) is 4.65. The number of ether oxygens (including phenoxy) is 1. The summed E-state index contributed by atoms with van der Waals surface area (Å²) in [7, 11) is 1.49. The van der Waals surface area contributed by atoms with Gasteiger partial charge in [0.1, 0.15) is 17.2 Å². The van der Waals surface area contributed by atoms with Crippen molar-refractivity contribution in [3.8, 4) is 0 Å². The summed E-state index contributed by atoms with van der Waals surface area (Å²) < 4.78 is 31.7. The number of nitrogen functional groups attached to an aromatic ring is 1. The van der Waals surface area contributed by atoms with Gasteiger partial charge in [0.25, 0.3) is 0 Å². The van der Waals surface area contributed by atoms with E-state index in [1.54, 1.807) is 0 Å². The molecule has 0 aliphatic carbocycles. The molecule has 0 aliphatic rings. The van der Waals surface area contributed by atoms with Crippen LogP contribution in [0.15, 0.2) is 18.2 Å². The highest BCUT2D eigenvalue weighted by Crippen LogP contribution is 2.25. The Morgan fingerprint density at radius 3 is 2.69 bits per heavy atom. The molecular weight excluding hydrogens is 214 g/mol. The van der Waals surface area contributed by atoms with E-state index >= 15 is 0 Å². The number of rotatable bonds is 2. The van der Waals surface area contributed by atoms with E-state index in [1.165, 1.54) is 13.2 Å². The van der Waals surface area contributed by atoms with Crippen LogP contribution < -0.4 is 5.73 Å². The van der Waals surface area contributed by atoms with Gasteiger partial charge in [-0.15, -0.1) is 0 Å². The van der Waals surface area contributed by atoms with E-state index in [2.05, 4.69) is 4.98 Å². The molecule has 3 nitrogen and oxygen atoms in total. The third-order valence-corrected chi connectivity index (χ3v) is 2.24. The summed E-state index contributed by atoms with van der Waals surface area (Å²) in [4.78, 5) is 3.97. The Morgan fingerprint density at radius 2 is 2.00 bits per heavy atom. The van der Waals surface area contributed by atoms with Gasteiger partial charge in [-0.3, -0.25) is 0 Å². The van der Waals surface area contributed by atoms with Crippen LogP contribution in [0.5, 0.6) is 0 Å². The summed E-state index contributed by atoms with van der Waals surface area (Å²) in [5, 5.41) is 0.0138. The maximum Gasteiger partial charge on any atom is 0.149 e. The summed E-state index contributed by atoms with van der Waals surface area (Å²) in [6.45, 7) is 0.204. The monoisotopic (exact) mass is 224 g/mol. The fourth-order valence-electron chi connectivity index (χ4n) is 1.57. The molecule has 0 amide bonds. The van der Waals surface area contributed by atoms with Crippen molar-refractivity contribution in [2.75, 3.05) is 12.8 Å². The molecule has 0 unspecified atom stereocenters. The van der Waals surface area contributed by atoms with Gasteiger partial charge in [0.2, 0.25) is 0 Å². The van der Waals surface area contributed by atoms with Crippen molar-refractivity contribution in [3.63, 3.8) is 0 Å². The second kappa shape index (κ2) is 4.02. The van der Waals surface area contributed by atoms with Gasteiger partial charge in [0.15, 0.2) is 0 Å². The summed E-state index contributed by atoms with van der Waals surface area (Å²) in [5.74, 6) is -1.17. The van der Waals surface area contributed by atoms with E-state index in [-0.39, 0.29) is 23.2 Å². The average molecular weight is 224 g/mol. The van der Waals surface area contributed by atoms with Gasteiger partial charge in [0.05, 0.1) is 17.7 Å².